The maximum atomic E-state index is 12.4. The molecule has 0 heterocycles. The van der Waals surface area contributed by atoms with Crippen LogP contribution in [0, 0.1) is 5.92 Å². The van der Waals surface area contributed by atoms with Gasteiger partial charge in [0.05, 0.1) is 0 Å². The van der Waals surface area contributed by atoms with Gasteiger partial charge in [-0.25, -0.2) is 0 Å². The maximum Gasteiger partial charge on any atom is 0.227 e. The zero-order valence-corrected chi connectivity index (χ0v) is 13.2. The van der Waals surface area contributed by atoms with Crippen LogP contribution < -0.4 is 10.6 Å². The fourth-order valence-electron chi connectivity index (χ4n) is 2.94. The van der Waals surface area contributed by atoms with Crippen LogP contribution in [0.1, 0.15) is 57.4 Å². The molecule has 0 bridgehead atoms. The molecule has 0 aliphatic heterocycles. The fraction of sp³-hybridized carbons (Fsp3) is 0.611. The van der Waals surface area contributed by atoms with Crippen molar-refractivity contribution in [2.45, 2.75) is 58.4 Å². The van der Waals surface area contributed by atoms with E-state index in [2.05, 4.69) is 29.7 Å². The molecule has 116 valence electrons. The van der Waals surface area contributed by atoms with Gasteiger partial charge in [0.15, 0.2) is 0 Å². The quantitative estimate of drug-likeness (QED) is 0.856. The predicted molar refractivity (Wildman–Crippen MR) is 88.3 cm³/mol. The molecular formula is C18H28N2O. The number of hydrogen-bond acceptors (Lipinski definition) is 2. The lowest BCUT2D eigenvalue weighted by Gasteiger charge is -2.19. The summed E-state index contributed by atoms with van der Waals surface area (Å²) in [5.74, 6) is 0.406. The SMILES string of the molecule is CCNCc1ccc(NC(=O)C2CCCCCCC2)cc1. The van der Waals surface area contributed by atoms with Crippen LogP contribution >= 0.6 is 0 Å². The average molecular weight is 288 g/mol. The molecule has 0 atom stereocenters. The Hall–Kier alpha value is -1.35. The van der Waals surface area contributed by atoms with Crippen LogP contribution in [0.25, 0.3) is 0 Å². The van der Waals surface area contributed by atoms with Crippen LogP contribution in [-0.2, 0) is 11.3 Å². The van der Waals surface area contributed by atoms with Crippen LogP contribution in [0.3, 0.4) is 0 Å². The summed E-state index contributed by atoms with van der Waals surface area (Å²) in [5, 5.41) is 6.39. The first-order valence-corrected chi connectivity index (χ1v) is 8.40. The summed E-state index contributed by atoms with van der Waals surface area (Å²) in [6.07, 6.45) is 8.38. The third-order valence-corrected chi connectivity index (χ3v) is 4.28. The second kappa shape index (κ2) is 8.83. The summed E-state index contributed by atoms with van der Waals surface area (Å²) in [4.78, 5) is 12.4. The lowest BCUT2D eigenvalue weighted by Crippen LogP contribution is -2.23. The molecule has 1 amide bonds. The Morgan fingerprint density at radius 2 is 1.67 bits per heavy atom. The smallest absolute Gasteiger partial charge is 0.227 e. The molecule has 1 aromatic carbocycles. The summed E-state index contributed by atoms with van der Waals surface area (Å²) in [5.41, 5.74) is 2.17. The minimum atomic E-state index is 0.201. The summed E-state index contributed by atoms with van der Waals surface area (Å²) >= 11 is 0. The number of benzene rings is 1. The third-order valence-electron chi connectivity index (χ3n) is 4.28. The van der Waals surface area contributed by atoms with E-state index in [1.165, 1.54) is 37.7 Å². The molecule has 0 unspecified atom stereocenters. The molecule has 1 saturated carbocycles. The fourth-order valence-corrected chi connectivity index (χ4v) is 2.94. The number of carbonyl (C=O) groups excluding carboxylic acids is 1. The van der Waals surface area contributed by atoms with Gasteiger partial charge in [-0.15, -0.1) is 0 Å². The van der Waals surface area contributed by atoms with E-state index in [1.807, 2.05) is 12.1 Å². The van der Waals surface area contributed by atoms with E-state index >= 15 is 0 Å². The number of carbonyl (C=O) groups is 1. The van der Waals surface area contributed by atoms with E-state index in [-0.39, 0.29) is 11.8 Å². The first-order valence-electron chi connectivity index (χ1n) is 8.40. The minimum Gasteiger partial charge on any atom is -0.326 e. The van der Waals surface area contributed by atoms with Gasteiger partial charge in [-0.05, 0) is 37.1 Å². The number of nitrogens with one attached hydrogen (secondary N) is 2. The monoisotopic (exact) mass is 288 g/mol. The second-order valence-corrected chi connectivity index (χ2v) is 6.01. The molecular weight excluding hydrogens is 260 g/mol. The zero-order valence-electron chi connectivity index (χ0n) is 13.2. The molecule has 0 radical (unpaired) electrons. The van der Waals surface area contributed by atoms with Gasteiger partial charge in [0.25, 0.3) is 0 Å². The van der Waals surface area contributed by atoms with Gasteiger partial charge >= 0.3 is 0 Å². The molecule has 1 aromatic rings. The largest absolute Gasteiger partial charge is 0.326 e. The highest BCUT2D eigenvalue weighted by Gasteiger charge is 2.19. The average Bonchev–Trinajstić information content (AvgIpc) is 2.46. The van der Waals surface area contributed by atoms with Crippen molar-refractivity contribution in [3.05, 3.63) is 29.8 Å². The van der Waals surface area contributed by atoms with E-state index in [0.717, 1.165) is 31.6 Å². The van der Waals surface area contributed by atoms with Crippen LogP contribution in [0.4, 0.5) is 5.69 Å². The van der Waals surface area contributed by atoms with Crippen molar-refractivity contribution in [3.63, 3.8) is 0 Å². The van der Waals surface area contributed by atoms with E-state index in [0.29, 0.717) is 0 Å². The molecule has 21 heavy (non-hydrogen) atoms. The molecule has 2 N–H and O–H groups in total. The van der Waals surface area contributed by atoms with Crippen molar-refractivity contribution < 1.29 is 4.79 Å². The summed E-state index contributed by atoms with van der Waals surface area (Å²) in [6.45, 7) is 3.96. The highest BCUT2D eigenvalue weighted by Crippen LogP contribution is 2.23. The van der Waals surface area contributed by atoms with Crippen LogP contribution in [-0.4, -0.2) is 12.5 Å². The van der Waals surface area contributed by atoms with E-state index < -0.39 is 0 Å². The van der Waals surface area contributed by atoms with Crippen LogP contribution in [0.2, 0.25) is 0 Å². The summed E-state index contributed by atoms with van der Waals surface area (Å²) in [7, 11) is 0. The van der Waals surface area contributed by atoms with E-state index in [1.54, 1.807) is 0 Å². The van der Waals surface area contributed by atoms with Crippen molar-refractivity contribution >= 4 is 11.6 Å². The van der Waals surface area contributed by atoms with Crippen molar-refractivity contribution in [3.8, 4) is 0 Å². The molecule has 1 aliphatic rings. The van der Waals surface area contributed by atoms with Gasteiger partial charge in [-0.2, -0.15) is 0 Å². The molecule has 0 saturated heterocycles. The molecule has 1 aliphatic carbocycles. The number of anilines is 1. The predicted octanol–water partition coefficient (Wildman–Crippen LogP) is 4.10. The third kappa shape index (κ3) is 5.50. The Morgan fingerprint density at radius 3 is 2.29 bits per heavy atom. The van der Waals surface area contributed by atoms with Gasteiger partial charge in [0.2, 0.25) is 5.91 Å². The normalized spacial score (nSPS) is 17.0. The topological polar surface area (TPSA) is 41.1 Å². The number of hydrogen-bond donors (Lipinski definition) is 2. The lowest BCUT2D eigenvalue weighted by atomic mass is 9.90. The Kier molecular flexibility index (Phi) is 6.74. The standard InChI is InChI=1S/C18H28N2O/c1-2-19-14-15-10-12-17(13-11-15)20-18(21)16-8-6-4-3-5-7-9-16/h10-13,16,19H,2-9,14H2,1H3,(H,20,21). The Bertz CT molecular complexity index is 419. The molecule has 2 rings (SSSR count). The molecule has 3 heteroatoms. The summed E-state index contributed by atoms with van der Waals surface area (Å²) in [6, 6.07) is 8.17. The van der Waals surface area contributed by atoms with Crippen LogP contribution in [0.15, 0.2) is 24.3 Å². The first-order chi connectivity index (χ1) is 10.3. The van der Waals surface area contributed by atoms with E-state index in [4.69, 9.17) is 0 Å². The maximum absolute atomic E-state index is 12.4. The lowest BCUT2D eigenvalue weighted by molar-refractivity contribution is -0.120. The van der Waals surface area contributed by atoms with Crippen molar-refractivity contribution in [1.29, 1.82) is 0 Å². The Labute approximate surface area is 128 Å². The Balaban J connectivity index is 1.86. The van der Waals surface area contributed by atoms with Crippen molar-refractivity contribution in [1.82, 2.24) is 5.32 Å². The molecule has 0 spiro atoms. The van der Waals surface area contributed by atoms with Crippen molar-refractivity contribution in [2.24, 2.45) is 5.92 Å². The first kappa shape index (κ1) is 16.0. The number of rotatable bonds is 5. The van der Waals surface area contributed by atoms with E-state index in [9.17, 15) is 4.79 Å². The van der Waals surface area contributed by atoms with Gasteiger partial charge in [0.1, 0.15) is 0 Å². The molecule has 0 aromatic heterocycles. The minimum absolute atomic E-state index is 0.201. The highest BCUT2D eigenvalue weighted by molar-refractivity contribution is 5.92. The van der Waals surface area contributed by atoms with Gasteiger partial charge < -0.3 is 10.6 Å². The van der Waals surface area contributed by atoms with Gasteiger partial charge in [-0.1, -0.05) is 51.2 Å². The molecule has 3 nitrogen and oxygen atoms in total. The van der Waals surface area contributed by atoms with Gasteiger partial charge in [-0.3, -0.25) is 4.79 Å². The highest BCUT2D eigenvalue weighted by atomic mass is 16.1. The summed E-state index contributed by atoms with van der Waals surface area (Å²) < 4.78 is 0. The second-order valence-electron chi connectivity index (χ2n) is 6.01. The molecule has 1 fully saturated rings. The van der Waals surface area contributed by atoms with Crippen LogP contribution in [0.5, 0.6) is 0 Å². The van der Waals surface area contributed by atoms with Crippen molar-refractivity contribution in [2.75, 3.05) is 11.9 Å². The number of amides is 1. The Morgan fingerprint density at radius 1 is 1.05 bits per heavy atom. The van der Waals surface area contributed by atoms with Gasteiger partial charge in [0, 0.05) is 18.2 Å². The zero-order chi connectivity index (χ0) is 14.9.